The van der Waals surface area contributed by atoms with Crippen molar-refractivity contribution in [3.05, 3.63) is 65.9 Å². The molecule has 2 aliphatic heterocycles. The van der Waals surface area contributed by atoms with E-state index in [1.165, 1.54) is 12.1 Å². The van der Waals surface area contributed by atoms with Gasteiger partial charge >= 0.3 is 0 Å². The van der Waals surface area contributed by atoms with Gasteiger partial charge in [0.1, 0.15) is 18.2 Å². The number of amides is 1. The maximum absolute atomic E-state index is 13.7. The summed E-state index contributed by atoms with van der Waals surface area (Å²) in [5, 5.41) is 14.1. The average Bonchev–Trinajstić information content (AvgIpc) is 3.62. The maximum atomic E-state index is 13.7. The Bertz CT molecular complexity index is 1530. The number of anilines is 1. The minimum atomic E-state index is -0.437. The molecule has 194 valence electrons. The summed E-state index contributed by atoms with van der Waals surface area (Å²) >= 11 is 0. The van der Waals surface area contributed by atoms with Gasteiger partial charge in [0.25, 0.3) is 0 Å². The van der Waals surface area contributed by atoms with Gasteiger partial charge in [0.2, 0.25) is 5.91 Å². The molecule has 1 aliphatic carbocycles. The molecule has 3 N–H and O–H groups in total. The van der Waals surface area contributed by atoms with Crippen molar-refractivity contribution < 1.29 is 14.3 Å². The van der Waals surface area contributed by atoms with Crippen molar-refractivity contribution in [3.8, 4) is 22.4 Å². The zero-order valence-electron chi connectivity index (χ0n) is 20.9. The van der Waals surface area contributed by atoms with Gasteiger partial charge in [-0.2, -0.15) is 9.61 Å². The molecule has 2 saturated heterocycles. The second-order valence-corrected chi connectivity index (χ2v) is 10.8. The monoisotopic (exact) mass is 512 g/mol. The molecule has 3 aromatic heterocycles. The van der Waals surface area contributed by atoms with Crippen LogP contribution in [-0.4, -0.2) is 54.2 Å². The first-order valence-electron chi connectivity index (χ1n) is 13.3. The molecular weight excluding hydrogens is 483 g/mol. The number of aliphatic hydroxyl groups excluding tert-OH is 1. The minimum absolute atomic E-state index is 0.133. The topological polar surface area (TPSA) is 110 Å². The number of halogens is 1. The van der Waals surface area contributed by atoms with E-state index in [1.807, 2.05) is 23.1 Å². The second kappa shape index (κ2) is 8.87. The van der Waals surface area contributed by atoms with Crippen LogP contribution >= 0.6 is 0 Å². The molecule has 38 heavy (non-hydrogen) atoms. The number of nitrogen functional groups attached to an aromatic ring is 1. The van der Waals surface area contributed by atoms with Crippen LogP contribution in [0.3, 0.4) is 0 Å². The summed E-state index contributed by atoms with van der Waals surface area (Å²) in [4.78, 5) is 24.1. The summed E-state index contributed by atoms with van der Waals surface area (Å²) in [6, 6.07) is 10.5. The van der Waals surface area contributed by atoms with Gasteiger partial charge in [-0.25, -0.2) is 9.37 Å². The lowest BCUT2D eigenvalue weighted by Crippen LogP contribution is -2.47. The summed E-state index contributed by atoms with van der Waals surface area (Å²) in [6.07, 6.45) is 9.33. The highest BCUT2D eigenvalue weighted by Gasteiger charge is 2.45. The predicted octanol–water partition coefficient (Wildman–Crippen LogP) is 4.29. The number of hydrogen-bond donors (Lipinski definition) is 2. The molecule has 5 heterocycles. The number of benzene rings is 1. The van der Waals surface area contributed by atoms with E-state index in [1.54, 1.807) is 23.0 Å². The molecule has 7 rings (SSSR count). The molecule has 1 aromatic carbocycles. The van der Waals surface area contributed by atoms with Gasteiger partial charge in [-0.1, -0.05) is 18.2 Å². The van der Waals surface area contributed by atoms with Crippen molar-refractivity contribution in [1.82, 2.24) is 24.5 Å². The zero-order chi connectivity index (χ0) is 26.0. The fraction of sp³-hybridized carbons (Fsp3) is 0.379. The lowest BCUT2D eigenvalue weighted by Gasteiger charge is -2.39. The van der Waals surface area contributed by atoms with E-state index in [2.05, 4.69) is 10.1 Å². The van der Waals surface area contributed by atoms with Crippen LogP contribution in [0.2, 0.25) is 0 Å². The minimum Gasteiger partial charge on any atom is -0.387 e. The Morgan fingerprint density at radius 3 is 2.47 bits per heavy atom. The Hall–Kier alpha value is -3.85. The van der Waals surface area contributed by atoms with Crippen LogP contribution < -0.4 is 5.73 Å². The molecular formula is C29H29FN6O2. The first-order valence-corrected chi connectivity index (χ1v) is 13.3. The van der Waals surface area contributed by atoms with E-state index in [0.717, 1.165) is 66.5 Å². The maximum Gasteiger partial charge on any atom is 0.248 e. The van der Waals surface area contributed by atoms with Gasteiger partial charge in [0.05, 0.1) is 17.6 Å². The molecule has 3 aliphatic rings. The Kier molecular flexibility index (Phi) is 5.43. The van der Waals surface area contributed by atoms with Crippen LogP contribution in [0.15, 0.2) is 48.8 Å². The van der Waals surface area contributed by atoms with Crippen molar-refractivity contribution in [1.29, 1.82) is 0 Å². The molecule has 2 atom stereocenters. The van der Waals surface area contributed by atoms with Crippen LogP contribution in [0.25, 0.3) is 28.0 Å². The summed E-state index contributed by atoms with van der Waals surface area (Å²) in [5.41, 5.74) is 12.7. The van der Waals surface area contributed by atoms with E-state index in [9.17, 15) is 14.3 Å². The first kappa shape index (κ1) is 23.3. The highest BCUT2D eigenvalue weighted by Crippen LogP contribution is 2.50. The van der Waals surface area contributed by atoms with Crippen molar-refractivity contribution >= 4 is 17.4 Å². The number of pyridine rings is 1. The Labute approximate surface area is 219 Å². The molecule has 3 fully saturated rings. The van der Waals surface area contributed by atoms with Gasteiger partial charge < -0.3 is 15.7 Å². The van der Waals surface area contributed by atoms with Gasteiger partial charge in [0.15, 0.2) is 5.65 Å². The number of carbonyl (C=O) groups is 1. The third kappa shape index (κ3) is 3.75. The third-order valence-corrected chi connectivity index (χ3v) is 8.47. The van der Waals surface area contributed by atoms with Crippen LogP contribution in [0, 0.1) is 5.82 Å². The van der Waals surface area contributed by atoms with E-state index in [4.69, 9.17) is 10.7 Å². The average molecular weight is 513 g/mol. The lowest BCUT2D eigenvalue weighted by molar-refractivity contribution is -0.138. The summed E-state index contributed by atoms with van der Waals surface area (Å²) in [7, 11) is 0. The smallest absolute Gasteiger partial charge is 0.248 e. The number of aliphatic hydroxyl groups is 1. The highest BCUT2D eigenvalue weighted by atomic mass is 19.1. The Balaban J connectivity index is 1.28. The fourth-order valence-electron chi connectivity index (χ4n) is 6.61. The molecule has 1 saturated carbocycles. The van der Waals surface area contributed by atoms with Gasteiger partial charge in [-0.3, -0.25) is 9.78 Å². The predicted molar refractivity (Wildman–Crippen MR) is 141 cm³/mol. The number of nitrogens with two attached hydrogens (primary N) is 1. The molecule has 2 unspecified atom stereocenters. The van der Waals surface area contributed by atoms with Gasteiger partial charge in [-0.05, 0) is 62.6 Å². The zero-order valence-corrected chi connectivity index (χ0v) is 20.9. The standard InChI is InChI=1S/C29H29FN6O2/c30-20-3-1-2-17(10-20)24-9-6-18(13-32-24)23-14-33-36-28(31)26(16-4-5-16)27(34-29(23)36)19-11-21-7-8-22(12-19)35(21)25(38)15-37/h1-3,6,9-10,13-14,16,19,21-22,37H,4-5,7-8,11-12,15,31H2. The van der Waals surface area contributed by atoms with Crippen molar-refractivity contribution in [2.75, 3.05) is 12.3 Å². The molecule has 0 spiro atoms. The third-order valence-electron chi connectivity index (χ3n) is 8.47. The van der Waals surface area contributed by atoms with Crippen LogP contribution in [0.5, 0.6) is 0 Å². The molecule has 0 radical (unpaired) electrons. The number of fused-ring (bicyclic) bond motifs is 3. The number of piperidine rings is 1. The normalized spacial score (nSPS) is 22.8. The quantitative estimate of drug-likeness (QED) is 0.413. The fourth-order valence-corrected chi connectivity index (χ4v) is 6.61. The Morgan fingerprint density at radius 2 is 1.82 bits per heavy atom. The summed E-state index contributed by atoms with van der Waals surface area (Å²) < 4.78 is 15.4. The molecule has 8 nitrogen and oxygen atoms in total. The van der Waals surface area contributed by atoms with E-state index in [-0.39, 0.29) is 29.7 Å². The van der Waals surface area contributed by atoms with Crippen molar-refractivity contribution in [2.24, 2.45) is 0 Å². The molecule has 2 bridgehead atoms. The van der Waals surface area contributed by atoms with Gasteiger partial charge in [-0.15, -0.1) is 0 Å². The molecule has 9 heteroatoms. The van der Waals surface area contributed by atoms with Crippen molar-refractivity contribution in [3.63, 3.8) is 0 Å². The van der Waals surface area contributed by atoms with Gasteiger partial charge in [0, 0.05) is 46.5 Å². The number of nitrogens with zero attached hydrogens (tertiary/aromatic N) is 5. The first-order chi connectivity index (χ1) is 18.5. The summed E-state index contributed by atoms with van der Waals surface area (Å²) in [5.74, 6) is 0.776. The highest BCUT2D eigenvalue weighted by molar-refractivity contribution is 5.80. The molecule has 4 aromatic rings. The number of carbonyl (C=O) groups excluding carboxylic acids is 1. The van der Waals surface area contributed by atoms with Crippen molar-refractivity contribution in [2.45, 2.75) is 62.4 Å². The van der Waals surface area contributed by atoms with E-state index in [0.29, 0.717) is 23.1 Å². The SMILES string of the molecule is Nc1c(C2CC2)c(C2CC3CCC(C2)N3C(=O)CO)nc2c(-c3ccc(-c4cccc(F)c4)nc3)cnn12. The van der Waals surface area contributed by atoms with E-state index >= 15 is 0 Å². The number of hydrogen-bond acceptors (Lipinski definition) is 6. The van der Waals surface area contributed by atoms with E-state index < -0.39 is 6.61 Å². The largest absolute Gasteiger partial charge is 0.387 e. The van der Waals surface area contributed by atoms with Crippen LogP contribution in [0.1, 0.15) is 61.6 Å². The molecule has 1 amide bonds. The Morgan fingerprint density at radius 1 is 1.03 bits per heavy atom. The number of rotatable bonds is 5. The lowest BCUT2D eigenvalue weighted by atomic mass is 9.85. The number of aromatic nitrogens is 4. The van der Waals surface area contributed by atoms with Crippen LogP contribution in [0.4, 0.5) is 10.2 Å². The second-order valence-electron chi connectivity index (χ2n) is 10.8. The van der Waals surface area contributed by atoms with Crippen LogP contribution in [-0.2, 0) is 4.79 Å². The summed E-state index contributed by atoms with van der Waals surface area (Å²) in [6.45, 7) is -0.437.